The van der Waals surface area contributed by atoms with Crippen molar-refractivity contribution in [3.8, 4) is 11.5 Å². The number of esters is 1. The Labute approximate surface area is 206 Å². The summed E-state index contributed by atoms with van der Waals surface area (Å²) in [5.74, 6) is 1.07. The van der Waals surface area contributed by atoms with Gasteiger partial charge in [-0.2, -0.15) is 0 Å². The van der Waals surface area contributed by atoms with Crippen molar-refractivity contribution in [1.29, 1.82) is 0 Å². The quantitative estimate of drug-likeness (QED) is 0.335. The van der Waals surface area contributed by atoms with Gasteiger partial charge < -0.3 is 18.6 Å². The van der Waals surface area contributed by atoms with Gasteiger partial charge in [-0.15, -0.1) is 0 Å². The molecule has 1 aliphatic rings. The van der Waals surface area contributed by atoms with Gasteiger partial charge in [0, 0.05) is 6.08 Å². The van der Waals surface area contributed by atoms with E-state index < -0.39 is 12.0 Å². The largest absolute Gasteiger partial charge is 0.490 e. The predicted molar refractivity (Wildman–Crippen MR) is 132 cm³/mol. The molecule has 35 heavy (non-hydrogen) atoms. The number of hydrogen-bond acceptors (Lipinski definition) is 8. The Balaban J connectivity index is 1.93. The van der Waals surface area contributed by atoms with Crippen molar-refractivity contribution >= 4 is 23.4 Å². The highest BCUT2D eigenvalue weighted by Gasteiger charge is 2.34. The number of nitrogens with zero attached hydrogens (tertiary/aromatic N) is 2. The molecular formula is C26H26N2O6S. The first-order chi connectivity index (χ1) is 17.0. The van der Waals surface area contributed by atoms with Crippen LogP contribution in [0.15, 0.2) is 74.7 Å². The number of allylic oxidation sites excluding steroid dienone is 1. The minimum absolute atomic E-state index is 0.198. The van der Waals surface area contributed by atoms with E-state index in [9.17, 15) is 9.59 Å². The molecule has 1 aliphatic heterocycles. The van der Waals surface area contributed by atoms with Gasteiger partial charge in [0.05, 0.1) is 41.3 Å². The van der Waals surface area contributed by atoms with Crippen LogP contribution in [-0.4, -0.2) is 30.4 Å². The second kappa shape index (κ2) is 10.6. The van der Waals surface area contributed by atoms with Crippen LogP contribution in [0.1, 0.15) is 38.1 Å². The molecule has 0 spiro atoms. The molecule has 1 aromatic carbocycles. The van der Waals surface area contributed by atoms with Gasteiger partial charge in [-0.1, -0.05) is 30.1 Å². The summed E-state index contributed by atoms with van der Waals surface area (Å²) in [5, 5.41) is 0. The third-order valence-corrected chi connectivity index (χ3v) is 6.26. The van der Waals surface area contributed by atoms with Crippen LogP contribution in [0, 0.1) is 0 Å². The lowest BCUT2D eigenvalue weighted by atomic mass is 9.95. The number of fused-ring (bicyclic) bond motifs is 1. The number of aromatic nitrogens is 1. The maximum Gasteiger partial charge on any atom is 0.338 e. The number of hydrogen-bond donors (Lipinski definition) is 0. The highest BCUT2D eigenvalue weighted by atomic mass is 32.1. The van der Waals surface area contributed by atoms with Gasteiger partial charge in [-0.05, 0) is 50.6 Å². The third-order valence-electron chi connectivity index (χ3n) is 5.27. The molecule has 0 N–H and O–H groups in total. The second-order valence-electron chi connectivity index (χ2n) is 7.56. The number of rotatable bonds is 9. The summed E-state index contributed by atoms with van der Waals surface area (Å²) in [6.45, 7) is 9.96. The van der Waals surface area contributed by atoms with Crippen LogP contribution in [-0.2, 0) is 9.53 Å². The van der Waals surface area contributed by atoms with E-state index in [1.807, 2.05) is 13.0 Å². The van der Waals surface area contributed by atoms with Gasteiger partial charge in [0.2, 0.25) is 0 Å². The van der Waals surface area contributed by atoms with E-state index in [2.05, 4.69) is 11.6 Å². The molecule has 0 saturated carbocycles. The fraction of sp³-hybridized carbons (Fsp3) is 0.269. The Morgan fingerprint density at radius 2 is 2.06 bits per heavy atom. The lowest BCUT2D eigenvalue weighted by Gasteiger charge is -2.25. The summed E-state index contributed by atoms with van der Waals surface area (Å²) in [4.78, 5) is 31.7. The average molecular weight is 495 g/mol. The van der Waals surface area contributed by atoms with Crippen molar-refractivity contribution in [2.24, 2.45) is 4.99 Å². The first-order valence-electron chi connectivity index (χ1n) is 11.2. The Morgan fingerprint density at radius 1 is 1.23 bits per heavy atom. The van der Waals surface area contributed by atoms with E-state index in [-0.39, 0.29) is 12.2 Å². The van der Waals surface area contributed by atoms with E-state index >= 15 is 0 Å². The van der Waals surface area contributed by atoms with Crippen LogP contribution in [0.2, 0.25) is 0 Å². The van der Waals surface area contributed by atoms with Crippen LogP contribution in [0.3, 0.4) is 0 Å². The number of carbonyl (C=O) groups is 1. The minimum atomic E-state index is -0.753. The lowest BCUT2D eigenvalue weighted by molar-refractivity contribution is -0.139. The van der Waals surface area contributed by atoms with Crippen LogP contribution in [0.4, 0.5) is 0 Å². The van der Waals surface area contributed by atoms with Crippen molar-refractivity contribution in [3.05, 3.63) is 91.5 Å². The molecule has 182 valence electrons. The fourth-order valence-electron chi connectivity index (χ4n) is 3.84. The molecule has 4 rings (SSSR count). The smallest absolute Gasteiger partial charge is 0.338 e. The van der Waals surface area contributed by atoms with Gasteiger partial charge in [-0.25, -0.2) is 9.79 Å². The van der Waals surface area contributed by atoms with Crippen molar-refractivity contribution in [2.75, 3.05) is 19.8 Å². The molecule has 3 aromatic rings. The highest BCUT2D eigenvalue weighted by Crippen LogP contribution is 2.36. The third kappa shape index (κ3) is 4.85. The van der Waals surface area contributed by atoms with E-state index in [4.69, 9.17) is 18.6 Å². The fourth-order valence-corrected chi connectivity index (χ4v) is 4.87. The van der Waals surface area contributed by atoms with Crippen molar-refractivity contribution in [2.45, 2.75) is 26.8 Å². The lowest BCUT2D eigenvalue weighted by Crippen LogP contribution is -2.40. The SMILES string of the molecule is C=CCOc1ccc(C2C(C(=O)OCC)=C(C)N=c3s/c(=C/c4ccco4)c(=O)n32)cc1OCC. The van der Waals surface area contributed by atoms with Crippen molar-refractivity contribution in [1.82, 2.24) is 4.57 Å². The molecule has 0 fully saturated rings. The molecule has 0 aliphatic carbocycles. The molecule has 1 unspecified atom stereocenters. The number of ether oxygens (including phenoxy) is 3. The summed E-state index contributed by atoms with van der Waals surface area (Å²) in [5.41, 5.74) is 1.17. The maximum absolute atomic E-state index is 13.6. The van der Waals surface area contributed by atoms with Crippen molar-refractivity contribution < 1.29 is 23.4 Å². The van der Waals surface area contributed by atoms with E-state index in [0.29, 0.717) is 56.6 Å². The molecule has 1 atom stereocenters. The first kappa shape index (κ1) is 24.3. The Morgan fingerprint density at radius 3 is 2.74 bits per heavy atom. The number of benzene rings is 1. The topological polar surface area (TPSA) is 92.3 Å². The van der Waals surface area contributed by atoms with Crippen molar-refractivity contribution in [3.63, 3.8) is 0 Å². The molecule has 0 radical (unpaired) electrons. The maximum atomic E-state index is 13.6. The average Bonchev–Trinajstić information content (AvgIpc) is 3.45. The van der Waals surface area contributed by atoms with Gasteiger partial charge in [-0.3, -0.25) is 9.36 Å². The molecule has 0 amide bonds. The Kier molecular flexibility index (Phi) is 7.36. The van der Waals surface area contributed by atoms with Gasteiger partial charge in [0.1, 0.15) is 12.4 Å². The van der Waals surface area contributed by atoms with E-state index in [1.54, 1.807) is 56.5 Å². The predicted octanol–water partition coefficient (Wildman–Crippen LogP) is 3.35. The summed E-state index contributed by atoms with van der Waals surface area (Å²) in [6, 6.07) is 8.13. The van der Waals surface area contributed by atoms with Crippen LogP contribution >= 0.6 is 11.3 Å². The van der Waals surface area contributed by atoms with Crippen LogP contribution < -0.4 is 24.4 Å². The minimum Gasteiger partial charge on any atom is -0.490 e. The van der Waals surface area contributed by atoms with E-state index in [1.165, 1.54) is 15.9 Å². The van der Waals surface area contributed by atoms with Gasteiger partial charge >= 0.3 is 5.97 Å². The zero-order valence-corrected chi connectivity index (χ0v) is 20.6. The zero-order chi connectivity index (χ0) is 24.9. The van der Waals surface area contributed by atoms with Gasteiger partial charge in [0.25, 0.3) is 5.56 Å². The van der Waals surface area contributed by atoms with Crippen LogP contribution in [0.25, 0.3) is 6.08 Å². The Hall–Kier alpha value is -3.85. The summed E-state index contributed by atoms with van der Waals surface area (Å²) < 4.78 is 24.2. The van der Waals surface area contributed by atoms with Gasteiger partial charge in [0.15, 0.2) is 16.3 Å². The number of carbonyl (C=O) groups excluding carboxylic acids is 1. The van der Waals surface area contributed by atoms with E-state index in [0.717, 1.165) is 0 Å². The summed E-state index contributed by atoms with van der Waals surface area (Å²) in [6.07, 6.45) is 4.85. The first-order valence-corrected chi connectivity index (χ1v) is 12.0. The van der Waals surface area contributed by atoms with Crippen LogP contribution in [0.5, 0.6) is 11.5 Å². The molecule has 0 bridgehead atoms. The molecule has 3 heterocycles. The Bertz CT molecular complexity index is 1450. The normalized spacial score (nSPS) is 15.4. The molecule has 2 aromatic heterocycles. The standard InChI is InChI=1S/C26H26N2O6S/c1-5-12-34-19-11-10-17(14-20(19)31-6-2)23-22(25(30)32-7-3)16(4)27-26-28(23)24(29)21(35-26)15-18-9-8-13-33-18/h5,8-11,13-15,23H,1,6-7,12H2,2-4H3/b21-15+. The molecular weight excluding hydrogens is 468 g/mol. The summed E-state index contributed by atoms with van der Waals surface area (Å²) >= 11 is 1.23. The molecule has 8 nitrogen and oxygen atoms in total. The molecule has 0 saturated heterocycles. The highest BCUT2D eigenvalue weighted by molar-refractivity contribution is 7.07. The number of thiazole rings is 1. The summed E-state index contributed by atoms with van der Waals surface area (Å²) in [7, 11) is 0. The zero-order valence-electron chi connectivity index (χ0n) is 19.8. The monoisotopic (exact) mass is 494 g/mol. The molecule has 9 heteroatoms. The number of furan rings is 1. The second-order valence-corrected chi connectivity index (χ2v) is 8.57.